The monoisotopic (exact) mass is 375 g/mol. The van der Waals surface area contributed by atoms with Gasteiger partial charge in [-0.25, -0.2) is 0 Å². The van der Waals surface area contributed by atoms with Gasteiger partial charge >= 0.3 is 0 Å². The Hall–Kier alpha value is -2.92. The molecule has 0 saturated carbocycles. The highest BCUT2D eigenvalue weighted by Gasteiger charge is 2.22. The smallest absolute Gasteiger partial charge is 0.256 e. The Bertz CT molecular complexity index is 892. The highest BCUT2D eigenvalue weighted by Crippen LogP contribution is 2.26. The van der Waals surface area contributed by atoms with Gasteiger partial charge in [0.05, 0.1) is 6.20 Å². The van der Waals surface area contributed by atoms with Crippen LogP contribution in [0.15, 0.2) is 71.4 Å². The molecule has 5 heteroatoms. The van der Waals surface area contributed by atoms with Crippen molar-refractivity contribution in [3.05, 3.63) is 78.0 Å². The fraction of sp³-hybridized carbons (Fsp3) is 0.304. The van der Waals surface area contributed by atoms with E-state index >= 15 is 0 Å². The summed E-state index contributed by atoms with van der Waals surface area (Å²) in [5.41, 5.74) is 2.74. The number of rotatable bonds is 6. The molecule has 1 atom stereocenters. The van der Waals surface area contributed by atoms with Crippen LogP contribution in [0.2, 0.25) is 0 Å². The number of nitrogens with one attached hydrogen (secondary N) is 1. The van der Waals surface area contributed by atoms with Crippen LogP contribution >= 0.6 is 0 Å². The zero-order chi connectivity index (χ0) is 19.2. The van der Waals surface area contributed by atoms with Crippen molar-refractivity contribution in [2.75, 3.05) is 26.2 Å². The molecular formula is C23H25N3O2. The zero-order valence-electron chi connectivity index (χ0n) is 15.9. The Balaban J connectivity index is 1.31. The number of hydrogen-bond donors (Lipinski definition) is 1. The molecule has 1 aliphatic rings. The standard InChI is InChI=1S/C23H25N3O2/c27-23(21-16-25-28-22(21)19-10-5-2-6-11-19)24-13-15-26-14-7-12-20(17-26)18-8-3-1-4-9-18/h1-6,8-11,16,20H,7,12-15,17H2,(H,24,27)/t20-/m1/s1. The van der Waals surface area contributed by atoms with Crippen LogP contribution in [0.3, 0.4) is 0 Å². The average molecular weight is 375 g/mol. The first-order chi connectivity index (χ1) is 13.8. The maximum Gasteiger partial charge on any atom is 0.256 e. The minimum absolute atomic E-state index is 0.142. The molecule has 1 fully saturated rings. The number of carbonyl (C=O) groups is 1. The van der Waals surface area contributed by atoms with Gasteiger partial charge in [0.2, 0.25) is 0 Å². The quantitative estimate of drug-likeness (QED) is 0.709. The molecule has 28 heavy (non-hydrogen) atoms. The van der Waals surface area contributed by atoms with E-state index in [-0.39, 0.29) is 5.91 Å². The lowest BCUT2D eigenvalue weighted by Gasteiger charge is -2.33. The van der Waals surface area contributed by atoms with Gasteiger partial charge < -0.3 is 14.7 Å². The maximum atomic E-state index is 12.6. The summed E-state index contributed by atoms with van der Waals surface area (Å²) in [5.74, 6) is 0.949. The van der Waals surface area contributed by atoms with Gasteiger partial charge in [0, 0.05) is 25.2 Å². The SMILES string of the molecule is O=C(NCCN1CCC[C@@H](c2ccccc2)C1)c1cnoc1-c1ccccc1. The second-order valence-corrected chi connectivity index (χ2v) is 7.24. The topological polar surface area (TPSA) is 58.4 Å². The minimum atomic E-state index is -0.142. The van der Waals surface area contributed by atoms with Crippen LogP contribution in [0, 0.1) is 0 Å². The van der Waals surface area contributed by atoms with Gasteiger partial charge in [0.25, 0.3) is 5.91 Å². The van der Waals surface area contributed by atoms with Crippen molar-refractivity contribution in [2.45, 2.75) is 18.8 Å². The predicted octanol–water partition coefficient (Wildman–Crippen LogP) is 3.95. The molecule has 0 bridgehead atoms. The number of hydrogen-bond acceptors (Lipinski definition) is 4. The van der Waals surface area contributed by atoms with E-state index in [2.05, 4.69) is 45.7 Å². The summed E-state index contributed by atoms with van der Waals surface area (Å²) in [6, 6.07) is 20.3. The summed E-state index contributed by atoms with van der Waals surface area (Å²) in [6.07, 6.45) is 3.91. The number of piperidine rings is 1. The summed E-state index contributed by atoms with van der Waals surface area (Å²) >= 11 is 0. The van der Waals surface area contributed by atoms with Crippen molar-refractivity contribution in [1.82, 2.24) is 15.4 Å². The van der Waals surface area contributed by atoms with E-state index in [1.165, 1.54) is 24.6 Å². The van der Waals surface area contributed by atoms with E-state index in [9.17, 15) is 4.79 Å². The molecule has 144 valence electrons. The third kappa shape index (κ3) is 4.31. The number of nitrogens with zero attached hydrogens (tertiary/aromatic N) is 2. The molecule has 1 saturated heterocycles. The number of carbonyl (C=O) groups excluding carboxylic acids is 1. The highest BCUT2D eigenvalue weighted by molar-refractivity contribution is 5.99. The molecule has 3 aromatic rings. The summed E-state index contributed by atoms with van der Waals surface area (Å²) < 4.78 is 5.31. The van der Waals surface area contributed by atoms with E-state index in [1.807, 2.05) is 30.3 Å². The van der Waals surface area contributed by atoms with E-state index < -0.39 is 0 Å². The molecule has 2 heterocycles. The summed E-state index contributed by atoms with van der Waals surface area (Å²) in [6.45, 7) is 3.59. The Morgan fingerprint density at radius 1 is 1.11 bits per heavy atom. The van der Waals surface area contributed by atoms with Crippen LogP contribution in [0.5, 0.6) is 0 Å². The van der Waals surface area contributed by atoms with E-state index in [1.54, 1.807) is 0 Å². The summed E-state index contributed by atoms with van der Waals surface area (Å²) in [4.78, 5) is 15.0. The predicted molar refractivity (Wildman–Crippen MR) is 109 cm³/mol. The van der Waals surface area contributed by atoms with Gasteiger partial charge in [0.1, 0.15) is 5.56 Å². The Morgan fingerprint density at radius 2 is 1.86 bits per heavy atom. The van der Waals surface area contributed by atoms with Gasteiger partial charge in [-0.15, -0.1) is 0 Å². The largest absolute Gasteiger partial charge is 0.355 e. The van der Waals surface area contributed by atoms with Crippen LogP contribution in [-0.2, 0) is 0 Å². The maximum absolute atomic E-state index is 12.6. The van der Waals surface area contributed by atoms with Crippen LogP contribution in [0.25, 0.3) is 11.3 Å². The lowest BCUT2D eigenvalue weighted by atomic mass is 9.91. The van der Waals surface area contributed by atoms with Crippen molar-refractivity contribution >= 4 is 5.91 Å². The molecule has 1 aliphatic heterocycles. The molecule has 1 N–H and O–H groups in total. The van der Waals surface area contributed by atoms with Gasteiger partial charge in [-0.05, 0) is 30.9 Å². The van der Waals surface area contributed by atoms with E-state index in [0.29, 0.717) is 23.8 Å². The Kier molecular flexibility index (Phi) is 5.83. The molecule has 2 aromatic carbocycles. The third-order valence-electron chi connectivity index (χ3n) is 5.34. The van der Waals surface area contributed by atoms with Crippen LogP contribution < -0.4 is 5.32 Å². The zero-order valence-corrected chi connectivity index (χ0v) is 15.9. The summed E-state index contributed by atoms with van der Waals surface area (Å²) in [5, 5.41) is 6.83. The van der Waals surface area contributed by atoms with Crippen molar-refractivity contribution in [3.63, 3.8) is 0 Å². The molecule has 0 radical (unpaired) electrons. The van der Waals surface area contributed by atoms with Crippen molar-refractivity contribution < 1.29 is 9.32 Å². The first-order valence-electron chi connectivity index (χ1n) is 9.87. The van der Waals surface area contributed by atoms with Gasteiger partial charge in [-0.3, -0.25) is 4.79 Å². The average Bonchev–Trinajstić information content (AvgIpc) is 3.25. The summed E-state index contributed by atoms with van der Waals surface area (Å²) in [7, 11) is 0. The third-order valence-corrected chi connectivity index (χ3v) is 5.34. The van der Waals surface area contributed by atoms with Crippen LogP contribution in [0.4, 0.5) is 0 Å². The van der Waals surface area contributed by atoms with Crippen molar-refractivity contribution in [3.8, 4) is 11.3 Å². The minimum Gasteiger partial charge on any atom is -0.355 e. The number of aromatic nitrogens is 1. The number of benzene rings is 2. The number of likely N-dealkylation sites (tertiary alicyclic amines) is 1. The van der Waals surface area contributed by atoms with Gasteiger partial charge in [-0.2, -0.15) is 0 Å². The number of amides is 1. The fourth-order valence-electron chi connectivity index (χ4n) is 3.88. The first-order valence-corrected chi connectivity index (χ1v) is 9.87. The molecular weight excluding hydrogens is 350 g/mol. The molecule has 1 aromatic heterocycles. The fourth-order valence-corrected chi connectivity index (χ4v) is 3.88. The molecule has 0 spiro atoms. The molecule has 4 rings (SSSR count). The second-order valence-electron chi connectivity index (χ2n) is 7.24. The Morgan fingerprint density at radius 3 is 2.64 bits per heavy atom. The van der Waals surface area contributed by atoms with Crippen molar-refractivity contribution in [1.29, 1.82) is 0 Å². The highest BCUT2D eigenvalue weighted by atomic mass is 16.5. The van der Waals surface area contributed by atoms with Gasteiger partial charge in [-0.1, -0.05) is 65.8 Å². The second kappa shape index (κ2) is 8.85. The van der Waals surface area contributed by atoms with Crippen LogP contribution in [-0.4, -0.2) is 42.1 Å². The van der Waals surface area contributed by atoms with Crippen LogP contribution in [0.1, 0.15) is 34.7 Å². The van der Waals surface area contributed by atoms with Gasteiger partial charge in [0.15, 0.2) is 5.76 Å². The normalized spacial score (nSPS) is 17.4. The lowest BCUT2D eigenvalue weighted by molar-refractivity contribution is 0.0946. The molecule has 1 amide bonds. The molecule has 0 unspecified atom stereocenters. The molecule has 0 aliphatic carbocycles. The lowest BCUT2D eigenvalue weighted by Crippen LogP contribution is -2.40. The van der Waals surface area contributed by atoms with Crippen molar-refractivity contribution in [2.24, 2.45) is 0 Å². The first kappa shape index (κ1) is 18.4. The van der Waals surface area contributed by atoms with E-state index in [4.69, 9.17) is 4.52 Å². The Labute approximate surface area is 165 Å². The molecule has 5 nitrogen and oxygen atoms in total. The van der Waals surface area contributed by atoms with E-state index in [0.717, 1.165) is 25.2 Å².